The Labute approximate surface area is 107 Å². The second-order valence-corrected chi connectivity index (χ2v) is 3.95. The predicted molar refractivity (Wildman–Crippen MR) is 71.6 cm³/mol. The van der Waals surface area contributed by atoms with Crippen molar-refractivity contribution in [3.05, 3.63) is 0 Å². The first-order valence-electron chi connectivity index (χ1n) is 5.80. The van der Waals surface area contributed by atoms with Crippen LogP contribution in [-0.4, -0.2) is 49.3 Å². The third kappa shape index (κ3) is 4.68. The minimum absolute atomic E-state index is 0.341. The van der Waals surface area contributed by atoms with E-state index in [0.29, 0.717) is 17.8 Å². The van der Waals surface area contributed by atoms with E-state index in [9.17, 15) is 0 Å². The highest BCUT2D eigenvalue weighted by Crippen LogP contribution is 2.10. The molecule has 18 heavy (non-hydrogen) atoms. The Morgan fingerprint density at radius 3 is 2.50 bits per heavy atom. The quantitative estimate of drug-likeness (QED) is 0.340. The lowest BCUT2D eigenvalue weighted by Gasteiger charge is -2.13. The summed E-state index contributed by atoms with van der Waals surface area (Å²) in [4.78, 5) is 14.3. The lowest BCUT2D eigenvalue weighted by molar-refractivity contribution is 0.193. The van der Waals surface area contributed by atoms with Crippen molar-refractivity contribution in [3.63, 3.8) is 0 Å². The van der Waals surface area contributed by atoms with E-state index in [1.807, 2.05) is 14.1 Å². The topological polar surface area (TPSA) is 101 Å². The van der Waals surface area contributed by atoms with Crippen LogP contribution in [0.15, 0.2) is 0 Å². The molecule has 8 heteroatoms. The van der Waals surface area contributed by atoms with Gasteiger partial charge in [0.25, 0.3) is 0 Å². The van der Waals surface area contributed by atoms with Crippen molar-refractivity contribution in [3.8, 4) is 0 Å². The molecule has 0 aliphatic carbocycles. The highest BCUT2D eigenvalue weighted by Gasteiger charge is 2.06. The number of hydrazine groups is 1. The summed E-state index contributed by atoms with van der Waals surface area (Å²) in [5, 5.41) is 3.13. The fourth-order valence-corrected chi connectivity index (χ4v) is 1.28. The summed E-state index contributed by atoms with van der Waals surface area (Å²) in [5.74, 6) is 6.72. The van der Waals surface area contributed by atoms with Crippen LogP contribution in [0.3, 0.4) is 0 Å². The Hall–Kier alpha value is -1.67. The third-order valence-electron chi connectivity index (χ3n) is 2.21. The Balaban J connectivity index is 2.56. The van der Waals surface area contributed by atoms with Gasteiger partial charge in [0.1, 0.15) is 0 Å². The summed E-state index contributed by atoms with van der Waals surface area (Å²) in [6.07, 6.45) is 1.99. The van der Waals surface area contributed by atoms with Crippen molar-refractivity contribution in [2.24, 2.45) is 5.84 Å². The smallest absolute Gasteiger partial charge is 0.243 e. The monoisotopic (exact) mass is 255 g/mol. The van der Waals surface area contributed by atoms with Crippen LogP contribution in [0.5, 0.6) is 0 Å². The molecule has 0 fully saturated rings. The van der Waals surface area contributed by atoms with E-state index in [2.05, 4.69) is 25.7 Å². The van der Waals surface area contributed by atoms with Crippen molar-refractivity contribution in [2.45, 2.75) is 12.8 Å². The minimum atomic E-state index is 0.341. The molecule has 1 heterocycles. The summed E-state index contributed by atoms with van der Waals surface area (Å²) in [6, 6.07) is 0. The van der Waals surface area contributed by atoms with E-state index in [-0.39, 0.29) is 0 Å². The molecule has 0 aliphatic heterocycles. The van der Waals surface area contributed by atoms with E-state index >= 15 is 0 Å². The minimum Gasteiger partial charge on any atom is -0.385 e. The standard InChI is InChI=1S/C10H21N7O/c1-17(2)10-14-8(13-9(15-10)16-11)12-6-4-5-7-18-3/h4-7,11H2,1-3H3,(H2,12,13,14,15,16). The van der Waals surface area contributed by atoms with E-state index in [0.717, 1.165) is 26.0 Å². The molecule has 0 saturated carbocycles. The Morgan fingerprint density at radius 2 is 1.89 bits per heavy atom. The van der Waals surface area contributed by atoms with Crippen LogP contribution in [0.2, 0.25) is 0 Å². The Kier molecular flexibility index (Phi) is 6.09. The number of rotatable bonds is 8. The fourth-order valence-electron chi connectivity index (χ4n) is 1.28. The van der Waals surface area contributed by atoms with Crippen LogP contribution in [0.25, 0.3) is 0 Å². The summed E-state index contributed by atoms with van der Waals surface area (Å²) < 4.78 is 4.98. The van der Waals surface area contributed by atoms with Gasteiger partial charge < -0.3 is 15.0 Å². The number of unbranched alkanes of at least 4 members (excludes halogenated alkanes) is 1. The zero-order chi connectivity index (χ0) is 13.4. The molecule has 0 atom stereocenters. The van der Waals surface area contributed by atoms with Crippen LogP contribution < -0.4 is 21.5 Å². The maximum Gasteiger partial charge on any atom is 0.243 e. The number of nitrogens with one attached hydrogen (secondary N) is 2. The Morgan fingerprint density at radius 1 is 1.17 bits per heavy atom. The summed E-state index contributed by atoms with van der Waals surface area (Å²) in [5.41, 5.74) is 2.42. The molecule has 4 N–H and O–H groups in total. The van der Waals surface area contributed by atoms with Gasteiger partial charge in [0.2, 0.25) is 17.8 Å². The van der Waals surface area contributed by atoms with Gasteiger partial charge in [0.15, 0.2) is 0 Å². The predicted octanol–water partition coefficient (Wildman–Crippen LogP) is 0.0617. The van der Waals surface area contributed by atoms with E-state index in [4.69, 9.17) is 10.6 Å². The largest absolute Gasteiger partial charge is 0.385 e. The Bertz CT molecular complexity index is 358. The van der Waals surface area contributed by atoms with Gasteiger partial charge in [-0.2, -0.15) is 15.0 Å². The SMILES string of the molecule is COCCCCNc1nc(NN)nc(N(C)C)n1. The number of ether oxygens (including phenoxy) is 1. The van der Waals surface area contributed by atoms with E-state index < -0.39 is 0 Å². The summed E-state index contributed by atoms with van der Waals surface area (Å²) in [7, 11) is 5.41. The molecule has 0 saturated heterocycles. The van der Waals surface area contributed by atoms with Crippen LogP contribution in [-0.2, 0) is 4.74 Å². The van der Waals surface area contributed by atoms with Crippen LogP contribution in [0, 0.1) is 0 Å². The van der Waals surface area contributed by atoms with Gasteiger partial charge in [-0.15, -0.1) is 0 Å². The molecule has 1 aromatic rings. The average molecular weight is 255 g/mol. The van der Waals surface area contributed by atoms with Gasteiger partial charge in [-0.05, 0) is 12.8 Å². The molecule has 0 radical (unpaired) electrons. The second kappa shape index (κ2) is 7.62. The second-order valence-electron chi connectivity index (χ2n) is 3.95. The molecule has 1 rings (SSSR count). The van der Waals surface area contributed by atoms with Gasteiger partial charge in [-0.3, -0.25) is 5.43 Å². The van der Waals surface area contributed by atoms with Crippen molar-refractivity contribution < 1.29 is 4.74 Å². The first kappa shape index (κ1) is 14.4. The lowest BCUT2D eigenvalue weighted by Crippen LogP contribution is -2.19. The van der Waals surface area contributed by atoms with Crippen LogP contribution in [0.4, 0.5) is 17.8 Å². The number of hydrogen-bond donors (Lipinski definition) is 3. The molecule has 0 aromatic carbocycles. The van der Waals surface area contributed by atoms with Crippen molar-refractivity contribution in [1.82, 2.24) is 15.0 Å². The summed E-state index contributed by atoms with van der Waals surface area (Å²) >= 11 is 0. The number of nitrogen functional groups attached to an aromatic ring is 1. The van der Waals surface area contributed by atoms with Gasteiger partial charge in [-0.1, -0.05) is 0 Å². The third-order valence-corrected chi connectivity index (χ3v) is 2.21. The molecule has 102 valence electrons. The first-order valence-corrected chi connectivity index (χ1v) is 5.80. The molecule has 0 unspecified atom stereocenters. The maximum atomic E-state index is 5.32. The number of nitrogens with zero attached hydrogens (tertiary/aromatic N) is 4. The fraction of sp³-hybridized carbons (Fsp3) is 0.700. The zero-order valence-electron chi connectivity index (χ0n) is 11.1. The molecular weight excluding hydrogens is 234 g/mol. The molecule has 1 aromatic heterocycles. The number of methoxy groups -OCH3 is 1. The number of nitrogens with two attached hydrogens (primary N) is 1. The number of anilines is 3. The molecule has 0 amide bonds. The zero-order valence-corrected chi connectivity index (χ0v) is 11.1. The van der Waals surface area contributed by atoms with Crippen LogP contribution >= 0.6 is 0 Å². The first-order chi connectivity index (χ1) is 8.67. The van der Waals surface area contributed by atoms with Gasteiger partial charge in [0.05, 0.1) is 0 Å². The van der Waals surface area contributed by atoms with Crippen molar-refractivity contribution in [1.29, 1.82) is 0 Å². The maximum absolute atomic E-state index is 5.32. The highest BCUT2D eigenvalue weighted by atomic mass is 16.5. The van der Waals surface area contributed by atoms with Gasteiger partial charge >= 0.3 is 0 Å². The molecule has 0 spiro atoms. The van der Waals surface area contributed by atoms with E-state index in [1.165, 1.54) is 0 Å². The molecule has 0 aliphatic rings. The number of aromatic nitrogens is 3. The van der Waals surface area contributed by atoms with E-state index in [1.54, 1.807) is 12.0 Å². The van der Waals surface area contributed by atoms with Gasteiger partial charge in [-0.25, -0.2) is 5.84 Å². The van der Waals surface area contributed by atoms with Crippen LogP contribution in [0.1, 0.15) is 12.8 Å². The lowest BCUT2D eigenvalue weighted by atomic mass is 10.3. The van der Waals surface area contributed by atoms with Crippen molar-refractivity contribution in [2.75, 3.05) is 50.0 Å². The van der Waals surface area contributed by atoms with Gasteiger partial charge in [0, 0.05) is 34.4 Å². The number of hydrogen-bond acceptors (Lipinski definition) is 8. The molecule has 8 nitrogen and oxygen atoms in total. The molecule has 0 bridgehead atoms. The average Bonchev–Trinajstić information content (AvgIpc) is 2.38. The summed E-state index contributed by atoms with van der Waals surface area (Å²) in [6.45, 7) is 1.54. The molecular formula is C10H21N7O. The highest BCUT2D eigenvalue weighted by molar-refractivity contribution is 5.42. The van der Waals surface area contributed by atoms with Crippen molar-refractivity contribution >= 4 is 17.8 Å². The normalized spacial score (nSPS) is 10.2.